The zero-order chi connectivity index (χ0) is 14.6. The first-order chi connectivity index (χ1) is 9.47. The molecule has 0 aliphatic rings. The van der Waals surface area contributed by atoms with E-state index >= 15 is 0 Å². The summed E-state index contributed by atoms with van der Waals surface area (Å²) in [5.74, 6) is 0. The molecule has 0 atom stereocenters. The molecule has 4 nitrogen and oxygen atoms in total. The molecule has 0 amide bonds. The van der Waals surface area contributed by atoms with E-state index in [2.05, 4.69) is 17.4 Å². The number of anilines is 2. The van der Waals surface area contributed by atoms with Crippen molar-refractivity contribution in [3.63, 3.8) is 0 Å². The molecule has 2 rings (SSSR count). The Morgan fingerprint density at radius 1 is 1.00 bits per heavy atom. The van der Waals surface area contributed by atoms with Crippen molar-refractivity contribution in [3.05, 3.63) is 60.2 Å². The topological polar surface area (TPSA) is 49.4 Å². The predicted molar refractivity (Wildman–Crippen MR) is 83.5 cm³/mol. The van der Waals surface area contributed by atoms with Gasteiger partial charge in [-0.25, -0.2) is 8.42 Å². The van der Waals surface area contributed by atoms with Gasteiger partial charge in [-0.1, -0.05) is 30.3 Å². The second-order valence-corrected chi connectivity index (χ2v) is 6.63. The van der Waals surface area contributed by atoms with Crippen molar-refractivity contribution in [1.82, 2.24) is 0 Å². The lowest BCUT2D eigenvalue weighted by Gasteiger charge is -2.17. The average Bonchev–Trinajstić information content (AvgIpc) is 2.45. The first kappa shape index (κ1) is 14.4. The van der Waals surface area contributed by atoms with Gasteiger partial charge in [0.05, 0.1) is 11.9 Å². The molecule has 0 aromatic heterocycles. The number of sulfonamides is 1. The Hall–Kier alpha value is -2.01. The van der Waals surface area contributed by atoms with Crippen molar-refractivity contribution in [1.29, 1.82) is 0 Å². The highest BCUT2D eigenvalue weighted by Crippen LogP contribution is 2.19. The lowest BCUT2D eigenvalue weighted by Crippen LogP contribution is -2.24. The maximum atomic E-state index is 11.4. The molecule has 0 radical (unpaired) electrons. The van der Waals surface area contributed by atoms with Crippen molar-refractivity contribution in [3.8, 4) is 0 Å². The summed E-state index contributed by atoms with van der Waals surface area (Å²) < 4.78 is 24.1. The van der Waals surface area contributed by atoms with Crippen LogP contribution in [0.5, 0.6) is 0 Å². The largest absolute Gasteiger partial charge is 0.381 e. The van der Waals surface area contributed by atoms with Gasteiger partial charge in [0, 0.05) is 19.3 Å². The molecule has 0 saturated heterocycles. The van der Waals surface area contributed by atoms with Gasteiger partial charge in [0.2, 0.25) is 10.0 Å². The summed E-state index contributed by atoms with van der Waals surface area (Å²) in [6.07, 6.45) is 1.19. The lowest BCUT2D eigenvalue weighted by atomic mass is 10.2. The molecule has 1 N–H and O–H groups in total. The molecule has 0 bridgehead atoms. The fourth-order valence-electron chi connectivity index (χ4n) is 1.78. The highest BCUT2D eigenvalue weighted by atomic mass is 32.2. The van der Waals surface area contributed by atoms with Gasteiger partial charge in [0.25, 0.3) is 0 Å². The molecule has 106 valence electrons. The number of rotatable bonds is 5. The van der Waals surface area contributed by atoms with Gasteiger partial charge in [0.15, 0.2) is 0 Å². The first-order valence-corrected chi connectivity index (χ1v) is 8.13. The molecule has 0 saturated carbocycles. The molecule has 0 aliphatic carbocycles. The minimum Gasteiger partial charge on any atom is -0.381 e. The van der Waals surface area contributed by atoms with Crippen LogP contribution in [0.25, 0.3) is 0 Å². The summed E-state index contributed by atoms with van der Waals surface area (Å²) in [5, 5.41) is 3.30. The standard InChI is InChI=1S/C15H18N2O2S/c1-17(20(2,18)19)15-10-8-14(9-11-15)16-12-13-6-4-3-5-7-13/h3-11,16H,12H2,1-2H3. The van der Waals surface area contributed by atoms with Crippen LogP contribution < -0.4 is 9.62 Å². The summed E-state index contributed by atoms with van der Waals surface area (Å²) in [4.78, 5) is 0. The van der Waals surface area contributed by atoms with Crippen LogP contribution in [-0.2, 0) is 16.6 Å². The maximum absolute atomic E-state index is 11.4. The van der Waals surface area contributed by atoms with E-state index in [-0.39, 0.29) is 0 Å². The minimum atomic E-state index is -3.21. The van der Waals surface area contributed by atoms with Gasteiger partial charge in [0.1, 0.15) is 0 Å². The summed E-state index contributed by atoms with van der Waals surface area (Å²) in [6.45, 7) is 0.738. The van der Waals surface area contributed by atoms with Crippen LogP contribution in [0, 0.1) is 0 Å². The molecule has 0 spiro atoms. The summed E-state index contributed by atoms with van der Waals surface area (Å²) in [5.41, 5.74) is 2.81. The molecule has 2 aromatic rings. The Morgan fingerprint density at radius 3 is 2.15 bits per heavy atom. The second kappa shape index (κ2) is 5.96. The number of benzene rings is 2. The Labute approximate surface area is 120 Å². The van der Waals surface area contributed by atoms with E-state index < -0.39 is 10.0 Å². The normalized spacial score (nSPS) is 11.1. The minimum absolute atomic E-state index is 0.651. The van der Waals surface area contributed by atoms with E-state index in [9.17, 15) is 8.42 Å². The Morgan fingerprint density at radius 2 is 1.60 bits per heavy atom. The second-order valence-electron chi connectivity index (χ2n) is 4.62. The fourth-order valence-corrected chi connectivity index (χ4v) is 2.29. The SMILES string of the molecule is CN(c1ccc(NCc2ccccc2)cc1)S(C)(=O)=O. The van der Waals surface area contributed by atoms with E-state index in [1.807, 2.05) is 30.3 Å². The van der Waals surface area contributed by atoms with Crippen LogP contribution in [0.4, 0.5) is 11.4 Å². The van der Waals surface area contributed by atoms with Crippen molar-refractivity contribution < 1.29 is 8.42 Å². The molecule has 20 heavy (non-hydrogen) atoms. The van der Waals surface area contributed by atoms with E-state index in [0.29, 0.717) is 5.69 Å². The Balaban J connectivity index is 2.02. The number of hydrogen-bond acceptors (Lipinski definition) is 3. The van der Waals surface area contributed by atoms with Crippen LogP contribution >= 0.6 is 0 Å². The van der Waals surface area contributed by atoms with E-state index in [1.54, 1.807) is 19.2 Å². The Bertz CT molecular complexity index is 652. The third-order valence-corrected chi connectivity index (χ3v) is 4.27. The predicted octanol–water partition coefficient (Wildman–Crippen LogP) is 2.69. The zero-order valence-corrected chi connectivity index (χ0v) is 12.4. The van der Waals surface area contributed by atoms with Gasteiger partial charge >= 0.3 is 0 Å². The van der Waals surface area contributed by atoms with Crippen LogP contribution in [0.1, 0.15) is 5.56 Å². The van der Waals surface area contributed by atoms with Crippen molar-refractivity contribution in [2.24, 2.45) is 0 Å². The third kappa shape index (κ3) is 3.74. The van der Waals surface area contributed by atoms with Crippen LogP contribution in [0.15, 0.2) is 54.6 Å². The molecule has 5 heteroatoms. The third-order valence-electron chi connectivity index (χ3n) is 3.07. The van der Waals surface area contributed by atoms with E-state index in [0.717, 1.165) is 12.2 Å². The van der Waals surface area contributed by atoms with Crippen LogP contribution in [-0.4, -0.2) is 21.7 Å². The molecule has 0 unspecified atom stereocenters. The first-order valence-electron chi connectivity index (χ1n) is 6.28. The average molecular weight is 290 g/mol. The molecule has 0 heterocycles. The van der Waals surface area contributed by atoms with Crippen molar-refractivity contribution in [2.75, 3.05) is 22.9 Å². The molecule has 2 aromatic carbocycles. The highest BCUT2D eigenvalue weighted by Gasteiger charge is 2.11. The van der Waals surface area contributed by atoms with Crippen molar-refractivity contribution >= 4 is 21.4 Å². The van der Waals surface area contributed by atoms with Gasteiger partial charge < -0.3 is 5.32 Å². The quantitative estimate of drug-likeness (QED) is 0.921. The van der Waals surface area contributed by atoms with Gasteiger partial charge in [-0.15, -0.1) is 0 Å². The number of nitrogens with one attached hydrogen (secondary N) is 1. The fraction of sp³-hybridized carbons (Fsp3) is 0.200. The van der Waals surface area contributed by atoms with Gasteiger partial charge in [-0.2, -0.15) is 0 Å². The molecule has 0 fully saturated rings. The molecule has 0 aliphatic heterocycles. The van der Waals surface area contributed by atoms with E-state index in [4.69, 9.17) is 0 Å². The lowest BCUT2D eigenvalue weighted by molar-refractivity contribution is 0.600. The molecular formula is C15H18N2O2S. The smallest absolute Gasteiger partial charge is 0.231 e. The van der Waals surface area contributed by atoms with E-state index in [1.165, 1.54) is 16.1 Å². The van der Waals surface area contributed by atoms with Gasteiger partial charge in [-0.3, -0.25) is 4.31 Å². The maximum Gasteiger partial charge on any atom is 0.231 e. The monoisotopic (exact) mass is 290 g/mol. The highest BCUT2D eigenvalue weighted by molar-refractivity contribution is 7.92. The summed E-state index contributed by atoms with van der Waals surface area (Å²) >= 11 is 0. The van der Waals surface area contributed by atoms with Crippen LogP contribution in [0.3, 0.4) is 0 Å². The van der Waals surface area contributed by atoms with Crippen LogP contribution in [0.2, 0.25) is 0 Å². The summed E-state index contributed by atoms with van der Waals surface area (Å²) in [7, 11) is -1.67. The zero-order valence-electron chi connectivity index (χ0n) is 11.6. The molecular weight excluding hydrogens is 272 g/mol. The number of nitrogens with zero attached hydrogens (tertiary/aromatic N) is 1. The Kier molecular flexibility index (Phi) is 4.29. The summed E-state index contributed by atoms with van der Waals surface area (Å²) in [6, 6.07) is 17.4. The van der Waals surface area contributed by atoms with Crippen molar-refractivity contribution in [2.45, 2.75) is 6.54 Å². The van der Waals surface area contributed by atoms with Gasteiger partial charge in [-0.05, 0) is 29.8 Å². The number of hydrogen-bond donors (Lipinski definition) is 1.